The molecule has 1 aliphatic carbocycles. The van der Waals surface area contributed by atoms with Crippen molar-refractivity contribution in [3.63, 3.8) is 0 Å². The number of alkyl halides is 3. The summed E-state index contributed by atoms with van der Waals surface area (Å²) >= 11 is 0. The molecule has 262 valence electrons. The van der Waals surface area contributed by atoms with Crippen molar-refractivity contribution >= 4 is 19.1 Å². The van der Waals surface area contributed by atoms with Crippen LogP contribution >= 0.6 is 0 Å². The average Bonchev–Trinajstić information content (AvgIpc) is 3.72. The molecule has 0 saturated heterocycles. The van der Waals surface area contributed by atoms with Gasteiger partial charge < -0.3 is 23.3 Å². The second-order valence-electron chi connectivity index (χ2n) is 13.1. The number of fused-ring (bicyclic) bond motifs is 1. The van der Waals surface area contributed by atoms with Gasteiger partial charge in [0.2, 0.25) is 11.8 Å². The van der Waals surface area contributed by atoms with E-state index in [1.807, 2.05) is 0 Å². The molecule has 50 heavy (non-hydrogen) atoms. The molecule has 17 heteroatoms. The van der Waals surface area contributed by atoms with Gasteiger partial charge in [0.05, 0.1) is 23.8 Å². The third kappa shape index (κ3) is 7.31. The first-order chi connectivity index (χ1) is 23.8. The lowest BCUT2D eigenvalue weighted by Crippen LogP contribution is -2.22. The van der Waals surface area contributed by atoms with Crippen molar-refractivity contribution in [2.75, 3.05) is 13.7 Å². The topological polar surface area (TPSA) is 139 Å². The van der Waals surface area contributed by atoms with Gasteiger partial charge in [-0.3, -0.25) is 0 Å². The lowest BCUT2D eigenvalue weighted by atomic mass is 10.1. The maximum Gasteiger partial charge on any atom is 0.434 e. The molecule has 0 radical (unpaired) electrons. The maximum atomic E-state index is 15.4. The van der Waals surface area contributed by atoms with E-state index in [2.05, 4.69) is 45.6 Å². The van der Waals surface area contributed by atoms with E-state index >= 15 is 4.39 Å². The fraction of sp³-hybridized carbons (Fsp3) is 0.424. The number of ether oxygens (including phenoxy) is 3. The van der Waals surface area contributed by atoms with Gasteiger partial charge in [0.15, 0.2) is 28.8 Å². The van der Waals surface area contributed by atoms with E-state index in [0.29, 0.717) is 23.2 Å². The summed E-state index contributed by atoms with van der Waals surface area (Å²) in [7, 11) is 0.132. The standard InChI is InChI=1S/C33H35F4N9O3Si/c1-6-45-15-23(33(35,36)37)42-30(45)27-22(34)11-19(13-39-27)16-49-32-24-21(12-38)14-46(18-48-9-10-50(3,4)5)29(24)43-28(44-32)25-26(20-7-8-20)40-17-41-31(25)47-2/h11,13-15,17,20H,6-10,16,18H2,1-5H3. The normalized spacial score (nSPS) is 13.5. The molecule has 1 fully saturated rings. The van der Waals surface area contributed by atoms with Crippen molar-refractivity contribution in [3.8, 4) is 40.7 Å². The fourth-order valence-corrected chi connectivity index (χ4v) is 6.12. The predicted octanol–water partition coefficient (Wildman–Crippen LogP) is 6.97. The Balaban J connectivity index is 1.38. The van der Waals surface area contributed by atoms with Crippen molar-refractivity contribution in [2.24, 2.45) is 0 Å². The number of aryl methyl sites for hydroxylation is 1. The molecule has 5 aromatic rings. The molecule has 0 bridgehead atoms. The van der Waals surface area contributed by atoms with Gasteiger partial charge in [-0.15, -0.1) is 0 Å². The summed E-state index contributed by atoms with van der Waals surface area (Å²) in [4.78, 5) is 26.1. The van der Waals surface area contributed by atoms with Crippen LogP contribution < -0.4 is 9.47 Å². The lowest BCUT2D eigenvalue weighted by molar-refractivity contribution is -0.140. The van der Waals surface area contributed by atoms with Crippen LogP contribution in [0.3, 0.4) is 0 Å². The Morgan fingerprint density at radius 3 is 2.46 bits per heavy atom. The van der Waals surface area contributed by atoms with Gasteiger partial charge in [0.25, 0.3) is 0 Å². The fourth-order valence-electron chi connectivity index (χ4n) is 5.36. The molecule has 5 aromatic heterocycles. The van der Waals surface area contributed by atoms with Crippen LogP contribution in [0.1, 0.15) is 48.2 Å². The van der Waals surface area contributed by atoms with Crippen molar-refractivity contribution in [1.29, 1.82) is 5.26 Å². The number of methoxy groups -OCH3 is 1. The molecule has 0 atom stereocenters. The Labute approximate surface area is 286 Å². The Kier molecular flexibility index (Phi) is 9.60. The van der Waals surface area contributed by atoms with Crippen molar-refractivity contribution < 1.29 is 31.8 Å². The van der Waals surface area contributed by atoms with Gasteiger partial charge in [-0.1, -0.05) is 19.6 Å². The quantitative estimate of drug-likeness (QED) is 0.0715. The average molecular weight is 710 g/mol. The molecule has 5 heterocycles. The SMILES string of the molecule is CCn1cc(C(F)(F)F)nc1-c1ncc(COc2nc(-c3c(OC)ncnc3C3CC3)nc3c2c(C#N)cn3COCC[Si](C)(C)C)cc1F. The number of nitriles is 1. The minimum Gasteiger partial charge on any atom is -0.480 e. The van der Waals surface area contributed by atoms with Crippen molar-refractivity contribution in [2.45, 2.75) is 77.4 Å². The second kappa shape index (κ2) is 13.7. The Hall–Kier alpha value is -4.95. The maximum absolute atomic E-state index is 15.4. The molecule has 0 amide bonds. The van der Waals surface area contributed by atoms with E-state index in [0.717, 1.165) is 36.8 Å². The van der Waals surface area contributed by atoms with Crippen LogP contribution in [-0.4, -0.2) is 60.8 Å². The summed E-state index contributed by atoms with van der Waals surface area (Å²) in [6, 6.07) is 4.25. The molecule has 0 spiro atoms. The number of rotatable bonds is 13. The number of halogens is 4. The molecule has 1 saturated carbocycles. The molecular formula is C33H35F4N9O3Si. The van der Waals surface area contributed by atoms with E-state index in [1.54, 1.807) is 17.7 Å². The second-order valence-corrected chi connectivity index (χ2v) is 18.8. The van der Waals surface area contributed by atoms with E-state index in [9.17, 15) is 18.4 Å². The highest BCUT2D eigenvalue weighted by molar-refractivity contribution is 6.76. The highest BCUT2D eigenvalue weighted by Crippen LogP contribution is 2.45. The van der Waals surface area contributed by atoms with Crippen LogP contribution in [0.25, 0.3) is 33.9 Å². The van der Waals surface area contributed by atoms with E-state index < -0.39 is 25.8 Å². The largest absolute Gasteiger partial charge is 0.480 e. The number of hydrogen-bond acceptors (Lipinski definition) is 10. The lowest BCUT2D eigenvalue weighted by Gasteiger charge is -2.16. The summed E-state index contributed by atoms with van der Waals surface area (Å²) in [5.74, 6) is -0.420. The van der Waals surface area contributed by atoms with Gasteiger partial charge >= 0.3 is 6.18 Å². The number of aromatic nitrogens is 8. The third-order valence-electron chi connectivity index (χ3n) is 8.15. The van der Waals surface area contributed by atoms with Crippen LogP contribution in [0.2, 0.25) is 25.7 Å². The van der Waals surface area contributed by atoms with Crippen LogP contribution in [-0.2, 0) is 30.8 Å². The smallest absolute Gasteiger partial charge is 0.434 e. The summed E-state index contributed by atoms with van der Waals surface area (Å²) in [5, 5.41) is 10.4. The minimum atomic E-state index is -4.70. The molecule has 0 aliphatic heterocycles. The Morgan fingerprint density at radius 1 is 1.04 bits per heavy atom. The van der Waals surface area contributed by atoms with Crippen LogP contribution in [0.4, 0.5) is 17.6 Å². The van der Waals surface area contributed by atoms with E-state index in [4.69, 9.17) is 24.2 Å². The molecular weight excluding hydrogens is 675 g/mol. The van der Waals surface area contributed by atoms with Crippen LogP contribution in [0.15, 0.2) is 31.0 Å². The van der Waals surface area contributed by atoms with Gasteiger partial charge in [0.1, 0.15) is 37.0 Å². The highest BCUT2D eigenvalue weighted by Gasteiger charge is 2.36. The van der Waals surface area contributed by atoms with Crippen LogP contribution in [0, 0.1) is 17.1 Å². The molecule has 1 aliphatic rings. The number of hydrogen-bond donors (Lipinski definition) is 0. The van der Waals surface area contributed by atoms with E-state index in [1.165, 1.54) is 24.2 Å². The molecule has 12 nitrogen and oxygen atoms in total. The monoisotopic (exact) mass is 709 g/mol. The molecule has 0 aromatic carbocycles. The van der Waals surface area contributed by atoms with Crippen molar-refractivity contribution in [3.05, 3.63) is 59.3 Å². The summed E-state index contributed by atoms with van der Waals surface area (Å²) in [5.41, 5.74) is 0.620. The molecule has 0 unspecified atom stereocenters. The van der Waals surface area contributed by atoms with Gasteiger partial charge in [-0.2, -0.15) is 23.4 Å². The summed E-state index contributed by atoms with van der Waals surface area (Å²) in [6.45, 7) is 8.92. The minimum absolute atomic E-state index is 0.0379. The van der Waals surface area contributed by atoms with Gasteiger partial charge in [0, 0.05) is 51.3 Å². The highest BCUT2D eigenvalue weighted by atomic mass is 28.3. The Bertz CT molecular complexity index is 2080. The first-order valence-corrected chi connectivity index (χ1v) is 19.7. The summed E-state index contributed by atoms with van der Waals surface area (Å²) < 4.78 is 76.1. The number of nitrogens with zero attached hydrogens (tertiary/aromatic N) is 9. The zero-order chi connectivity index (χ0) is 35.8. The van der Waals surface area contributed by atoms with E-state index in [-0.39, 0.29) is 66.0 Å². The van der Waals surface area contributed by atoms with Gasteiger partial charge in [-0.05, 0) is 31.9 Å². The predicted molar refractivity (Wildman–Crippen MR) is 176 cm³/mol. The molecule has 0 N–H and O–H groups in total. The van der Waals surface area contributed by atoms with Crippen LogP contribution in [0.5, 0.6) is 11.8 Å². The Morgan fingerprint density at radius 2 is 1.82 bits per heavy atom. The summed E-state index contributed by atoms with van der Waals surface area (Å²) in [6.07, 6.45) is 2.33. The van der Waals surface area contributed by atoms with Crippen molar-refractivity contribution in [1.82, 2.24) is 39.0 Å². The van der Waals surface area contributed by atoms with Gasteiger partial charge in [-0.25, -0.2) is 29.3 Å². The molecule has 6 rings (SSSR count). The number of pyridine rings is 1. The first-order valence-electron chi connectivity index (χ1n) is 16.0. The zero-order valence-electron chi connectivity index (χ0n) is 28.2. The number of imidazole rings is 1. The third-order valence-corrected chi connectivity index (χ3v) is 9.85. The first kappa shape index (κ1) is 34.9. The zero-order valence-corrected chi connectivity index (χ0v) is 29.2.